The van der Waals surface area contributed by atoms with Crippen LogP contribution in [-0.4, -0.2) is 10.3 Å². The molecular formula is C18H20N2O2. The zero-order chi connectivity index (χ0) is 15.7. The fraction of sp³-hybridized carbons (Fsp3) is 0.333. The molecule has 0 aliphatic heterocycles. The quantitative estimate of drug-likeness (QED) is 0.728. The van der Waals surface area contributed by atoms with Gasteiger partial charge in [0.2, 0.25) is 0 Å². The summed E-state index contributed by atoms with van der Waals surface area (Å²) in [4.78, 5) is 0. The summed E-state index contributed by atoms with van der Waals surface area (Å²) in [5.74, 6) is 1.80. The standard InChI is InChI=1S/C18H20N2O2/c1-11-17(13(3)21-19-11)9-15-5-7-16(8-6-15)10-18-12(2)20-22-14(18)4/h5-8H,9-10H2,1-4H3. The number of hydrogen-bond acceptors (Lipinski definition) is 4. The largest absolute Gasteiger partial charge is 0.361 e. The maximum atomic E-state index is 5.22. The molecule has 0 radical (unpaired) electrons. The third kappa shape index (κ3) is 2.82. The molecule has 0 fully saturated rings. The SMILES string of the molecule is Cc1noc(C)c1Cc1ccc(Cc2c(C)noc2C)cc1. The minimum Gasteiger partial charge on any atom is -0.361 e. The molecule has 0 aliphatic carbocycles. The second-order valence-electron chi connectivity index (χ2n) is 5.78. The van der Waals surface area contributed by atoms with Gasteiger partial charge in [0, 0.05) is 24.0 Å². The van der Waals surface area contributed by atoms with Crippen LogP contribution in [0.15, 0.2) is 33.3 Å². The summed E-state index contributed by atoms with van der Waals surface area (Å²) in [5, 5.41) is 8.01. The summed E-state index contributed by atoms with van der Waals surface area (Å²) in [7, 11) is 0. The van der Waals surface area contributed by atoms with Gasteiger partial charge in [-0.2, -0.15) is 0 Å². The van der Waals surface area contributed by atoms with Gasteiger partial charge in [-0.3, -0.25) is 0 Å². The molecule has 0 amide bonds. The molecular weight excluding hydrogens is 276 g/mol. The first-order valence-electron chi connectivity index (χ1n) is 7.46. The number of aryl methyl sites for hydroxylation is 4. The van der Waals surface area contributed by atoms with Crippen molar-refractivity contribution < 1.29 is 9.05 Å². The zero-order valence-electron chi connectivity index (χ0n) is 13.4. The van der Waals surface area contributed by atoms with Crippen LogP contribution in [0.25, 0.3) is 0 Å². The number of hydrogen-bond donors (Lipinski definition) is 0. The van der Waals surface area contributed by atoms with Crippen LogP contribution in [0.4, 0.5) is 0 Å². The van der Waals surface area contributed by atoms with Crippen LogP contribution in [0.5, 0.6) is 0 Å². The summed E-state index contributed by atoms with van der Waals surface area (Å²) in [6.07, 6.45) is 1.71. The van der Waals surface area contributed by atoms with E-state index >= 15 is 0 Å². The Morgan fingerprint density at radius 2 is 1.05 bits per heavy atom. The Kier molecular flexibility index (Phi) is 3.84. The molecule has 4 nitrogen and oxygen atoms in total. The highest BCUT2D eigenvalue weighted by Gasteiger charge is 2.11. The van der Waals surface area contributed by atoms with Crippen molar-refractivity contribution in [3.63, 3.8) is 0 Å². The van der Waals surface area contributed by atoms with Gasteiger partial charge in [0.25, 0.3) is 0 Å². The van der Waals surface area contributed by atoms with E-state index in [0.717, 1.165) is 35.7 Å². The summed E-state index contributed by atoms with van der Waals surface area (Å²) in [6.45, 7) is 7.89. The molecule has 0 bridgehead atoms. The molecule has 0 atom stereocenters. The topological polar surface area (TPSA) is 52.1 Å². The van der Waals surface area contributed by atoms with Crippen molar-refractivity contribution in [1.29, 1.82) is 0 Å². The van der Waals surface area contributed by atoms with Crippen LogP contribution in [-0.2, 0) is 12.8 Å². The Morgan fingerprint density at radius 1 is 0.682 bits per heavy atom. The average molecular weight is 296 g/mol. The van der Waals surface area contributed by atoms with Crippen LogP contribution in [0, 0.1) is 27.7 Å². The third-order valence-electron chi connectivity index (χ3n) is 4.15. The van der Waals surface area contributed by atoms with E-state index in [9.17, 15) is 0 Å². The van der Waals surface area contributed by atoms with Gasteiger partial charge < -0.3 is 9.05 Å². The predicted octanol–water partition coefficient (Wildman–Crippen LogP) is 4.08. The van der Waals surface area contributed by atoms with Crippen LogP contribution >= 0.6 is 0 Å². The van der Waals surface area contributed by atoms with E-state index in [2.05, 4.69) is 34.6 Å². The van der Waals surface area contributed by atoms with E-state index in [1.54, 1.807) is 0 Å². The molecule has 3 rings (SSSR count). The van der Waals surface area contributed by atoms with Gasteiger partial charge in [0.15, 0.2) is 0 Å². The second-order valence-corrected chi connectivity index (χ2v) is 5.78. The fourth-order valence-corrected chi connectivity index (χ4v) is 2.69. The van der Waals surface area contributed by atoms with Crippen molar-refractivity contribution in [2.45, 2.75) is 40.5 Å². The molecule has 1 aromatic carbocycles. The van der Waals surface area contributed by atoms with Gasteiger partial charge in [0.05, 0.1) is 11.4 Å². The first kappa shape index (κ1) is 14.6. The number of nitrogens with zero attached hydrogens (tertiary/aromatic N) is 2. The molecule has 0 unspecified atom stereocenters. The highest BCUT2D eigenvalue weighted by Crippen LogP contribution is 2.20. The molecule has 2 heterocycles. The molecule has 4 heteroatoms. The van der Waals surface area contributed by atoms with Gasteiger partial charge in [-0.05, 0) is 38.8 Å². The Labute approximate surface area is 130 Å². The smallest absolute Gasteiger partial charge is 0.137 e. The van der Waals surface area contributed by atoms with E-state index in [1.165, 1.54) is 22.3 Å². The van der Waals surface area contributed by atoms with Crippen LogP contribution in [0.3, 0.4) is 0 Å². The Bertz CT molecular complexity index is 676. The average Bonchev–Trinajstić information content (AvgIpc) is 2.99. The van der Waals surface area contributed by atoms with Crippen molar-refractivity contribution in [3.8, 4) is 0 Å². The maximum absolute atomic E-state index is 5.22. The van der Waals surface area contributed by atoms with E-state index in [-0.39, 0.29) is 0 Å². The number of aromatic nitrogens is 2. The maximum Gasteiger partial charge on any atom is 0.137 e. The summed E-state index contributed by atoms with van der Waals surface area (Å²) < 4.78 is 10.4. The highest BCUT2D eigenvalue weighted by atomic mass is 16.5. The lowest BCUT2D eigenvalue weighted by Crippen LogP contribution is -1.94. The molecule has 0 N–H and O–H groups in total. The van der Waals surface area contributed by atoms with E-state index in [0.29, 0.717) is 0 Å². The van der Waals surface area contributed by atoms with Crippen molar-refractivity contribution >= 4 is 0 Å². The summed E-state index contributed by atoms with van der Waals surface area (Å²) in [6, 6.07) is 8.66. The number of rotatable bonds is 4. The lowest BCUT2D eigenvalue weighted by molar-refractivity contribution is 0.392. The molecule has 0 aliphatic rings. The van der Waals surface area contributed by atoms with Gasteiger partial charge in [-0.15, -0.1) is 0 Å². The molecule has 0 saturated carbocycles. The van der Waals surface area contributed by atoms with Crippen molar-refractivity contribution in [2.24, 2.45) is 0 Å². The van der Waals surface area contributed by atoms with Crippen molar-refractivity contribution in [2.75, 3.05) is 0 Å². The minimum absolute atomic E-state index is 0.854. The van der Waals surface area contributed by atoms with Crippen LogP contribution in [0.1, 0.15) is 45.2 Å². The van der Waals surface area contributed by atoms with Crippen molar-refractivity contribution in [3.05, 3.63) is 69.4 Å². The van der Waals surface area contributed by atoms with Gasteiger partial charge in [-0.1, -0.05) is 34.6 Å². The Balaban J connectivity index is 1.76. The third-order valence-corrected chi connectivity index (χ3v) is 4.15. The normalized spacial score (nSPS) is 11.1. The summed E-state index contributed by atoms with van der Waals surface area (Å²) in [5.41, 5.74) is 6.82. The van der Waals surface area contributed by atoms with Crippen LogP contribution in [0.2, 0.25) is 0 Å². The first-order chi connectivity index (χ1) is 10.5. The van der Waals surface area contributed by atoms with E-state index in [1.807, 2.05) is 27.7 Å². The van der Waals surface area contributed by atoms with Gasteiger partial charge in [0.1, 0.15) is 11.5 Å². The van der Waals surface area contributed by atoms with Crippen LogP contribution < -0.4 is 0 Å². The van der Waals surface area contributed by atoms with Gasteiger partial charge >= 0.3 is 0 Å². The Morgan fingerprint density at radius 3 is 1.32 bits per heavy atom. The fourth-order valence-electron chi connectivity index (χ4n) is 2.69. The van der Waals surface area contributed by atoms with Gasteiger partial charge in [-0.25, -0.2) is 0 Å². The zero-order valence-corrected chi connectivity index (χ0v) is 13.4. The predicted molar refractivity (Wildman–Crippen MR) is 84.0 cm³/mol. The van der Waals surface area contributed by atoms with E-state index < -0.39 is 0 Å². The van der Waals surface area contributed by atoms with Crippen molar-refractivity contribution in [1.82, 2.24) is 10.3 Å². The number of benzene rings is 1. The lowest BCUT2D eigenvalue weighted by Gasteiger charge is -2.04. The molecule has 3 aromatic rings. The molecule has 0 saturated heterocycles. The molecule has 114 valence electrons. The molecule has 22 heavy (non-hydrogen) atoms. The minimum atomic E-state index is 0.854. The van der Waals surface area contributed by atoms with E-state index in [4.69, 9.17) is 9.05 Å². The second kappa shape index (κ2) is 5.79. The highest BCUT2D eigenvalue weighted by molar-refractivity contribution is 5.34. The first-order valence-corrected chi connectivity index (χ1v) is 7.46. The summed E-state index contributed by atoms with van der Waals surface area (Å²) >= 11 is 0. The Hall–Kier alpha value is -2.36. The lowest BCUT2D eigenvalue weighted by atomic mass is 9.99. The molecule has 0 spiro atoms. The monoisotopic (exact) mass is 296 g/mol. The molecule has 2 aromatic heterocycles.